The van der Waals surface area contributed by atoms with E-state index < -0.39 is 5.97 Å². The van der Waals surface area contributed by atoms with Crippen molar-refractivity contribution in [2.24, 2.45) is 0 Å². The molecule has 4 rings (SSSR count). The average molecular weight is 412 g/mol. The fourth-order valence-corrected chi connectivity index (χ4v) is 3.47. The number of rotatable bonds is 7. The third-order valence-corrected chi connectivity index (χ3v) is 4.92. The Morgan fingerprint density at radius 1 is 0.935 bits per heavy atom. The van der Waals surface area contributed by atoms with Crippen LogP contribution in [0.2, 0.25) is 0 Å². The monoisotopic (exact) mass is 412 g/mol. The molecule has 0 aliphatic carbocycles. The van der Waals surface area contributed by atoms with E-state index in [0.717, 1.165) is 28.1 Å². The van der Waals surface area contributed by atoms with Crippen LogP contribution >= 0.6 is 0 Å². The minimum atomic E-state index is -0.976. The Hall–Kier alpha value is -3.86. The second-order valence-corrected chi connectivity index (χ2v) is 7.60. The first-order valence-electron chi connectivity index (χ1n) is 10.2. The average Bonchev–Trinajstić information content (AvgIpc) is 3.19. The van der Waals surface area contributed by atoms with Crippen molar-refractivity contribution < 1.29 is 14.6 Å². The van der Waals surface area contributed by atoms with Gasteiger partial charge in [0, 0.05) is 11.1 Å². The highest BCUT2D eigenvalue weighted by Gasteiger charge is 2.16. The van der Waals surface area contributed by atoms with Crippen LogP contribution < -0.4 is 4.74 Å². The van der Waals surface area contributed by atoms with E-state index in [1.807, 2.05) is 67.1 Å². The van der Waals surface area contributed by atoms with Crippen molar-refractivity contribution in [2.75, 3.05) is 0 Å². The van der Waals surface area contributed by atoms with Gasteiger partial charge < -0.3 is 9.84 Å². The highest BCUT2D eigenvalue weighted by atomic mass is 16.5. The molecule has 0 fully saturated rings. The molecule has 0 bridgehead atoms. The van der Waals surface area contributed by atoms with Crippen LogP contribution in [-0.2, 0) is 6.54 Å². The fraction of sp³-hybridized carbons (Fsp3) is 0.154. The van der Waals surface area contributed by atoms with Crippen LogP contribution in [0.15, 0.2) is 84.9 Å². The van der Waals surface area contributed by atoms with E-state index in [1.165, 1.54) is 0 Å². The van der Waals surface area contributed by atoms with Crippen LogP contribution in [0.25, 0.3) is 22.5 Å². The lowest BCUT2D eigenvalue weighted by Crippen LogP contribution is -2.11. The summed E-state index contributed by atoms with van der Waals surface area (Å²) in [6.45, 7) is 4.31. The van der Waals surface area contributed by atoms with E-state index >= 15 is 0 Å². The zero-order valence-corrected chi connectivity index (χ0v) is 17.5. The third kappa shape index (κ3) is 4.67. The number of carboxylic acid groups (broad SMARTS) is 1. The number of aromatic nitrogens is 2. The molecule has 5 heteroatoms. The second kappa shape index (κ2) is 8.88. The lowest BCUT2D eigenvalue weighted by Gasteiger charge is -2.16. The van der Waals surface area contributed by atoms with Crippen molar-refractivity contribution in [3.63, 3.8) is 0 Å². The summed E-state index contributed by atoms with van der Waals surface area (Å²) in [4.78, 5) is 11.4. The minimum absolute atomic E-state index is 0.0751. The Kier molecular flexibility index (Phi) is 5.85. The molecule has 0 unspecified atom stereocenters. The van der Waals surface area contributed by atoms with E-state index in [2.05, 4.69) is 18.2 Å². The standard InChI is InChI=1S/C26H24N2O3/c1-18(2)31-25-15-21(26(29)30)13-14-22(25)17-28-24(20-11-7-4-8-12-20)16-23(27-28)19-9-5-3-6-10-19/h3-16,18H,17H2,1-2H3,(H,29,30). The molecule has 0 aliphatic heterocycles. The molecular formula is C26H24N2O3. The molecule has 0 aliphatic rings. The number of aromatic carboxylic acids is 1. The van der Waals surface area contributed by atoms with Gasteiger partial charge in [0.05, 0.1) is 29.6 Å². The van der Waals surface area contributed by atoms with Crippen molar-refractivity contribution in [1.82, 2.24) is 9.78 Å². The van der Waals surface area contributed by atoms with Crippen LogP contribution in [-0.4, -0.2) is 27.0 Å². The normalized spacial score (nSPS) is 10.9. The summed E-state index contributed by atoms with van der Waals surface area (Å²) in [6.07, 6.45) is -0.0751. The summed E-state index contributed by atoms with van der Waals surface area (Å²) >= 11 is 0. The van der Waals surface area contributed by atoms with Crippen molar-refractivity contribution in [3.8, 4) is 28.3 Å². The van der Waals surface area contributed by atoms with Crippen LogP contribution in [0.1, 0.15) is 29.8 Å². The first-order valence-corrected chi connectivity index (χ1v) is 10.2. The maximum absolute atomic E-state index is 11.4. The Morgan fingerprint density at radius 2 is 1.58 bits per heavy atom. The van der Waals surface area contributed by atoms with Crippen molar-refractivity contribution >= 4 is 5.97 Å². The second-order valence-electron chi connectivity index (χ2n) is 7.60. The van der Waals surface area contributed by atoms with Gasteiger partial charge in [-0.1, -0.05) is 66.7 Å². The number of carboxylic acids is 1. The van der Waals surface area contributed by atoms with Gasteiger partial charge in [-0.2, -0.15) is 5.10 Å². The number of nitrogens with zero attached hydrogens (tertiary/aromatic N) is 2. The van der Waals surface area contributed by atoms with Gasteiger partial charge in [0.1, 0.15) is 5.75 Å². The molecule has 1 heterocycles. The molecule has 0 saturated heterocycles. The van der Waals surface area contributed by atoms with Gasteiger partial charge in [0.25, 0.3) is 0 Å². The number of hydrogen-bond acceptors (Lipinski definition) is 3. The van der Waals surface area contributed by atoms with Crippen LogP contribution in [0.5, 0.6) is 5.75 Å². The molecule has 0 atom stereocenters. The Balaban J connectivity index is 1.79. The molecular weight excluding hydrogens is 388 g/mol. The lowest BCUT2D eigenvalue weighted by atomic mass is 10.1. The molecule has 0 saturated carbocycles. The van der Waals surface area contributed by atoms with Gasteiger partial charge in [-0.25, -0.2) is 4.79 Å². The first kappa shape index (κ1) is 20.4. The molecule has 156 valence electrons. The molecule has 1 N–H and O–H groups in total. The summed E-state index contributed by atoms with van der Waals surface area (Å²) in [7, 11) is 0. The smallest absolute Gasteiger partial charge is 0.335 e. The summed E-state index contributed by atoms with van der Waals surface area (Å²) in [5, 5.41) is 14.2. The Labute approximate surface area is 181 Å². The van der Waals surface area contributed by atoms with Crippen molar-refractivity contribution in [2.45, 2.75) is 26.5 Å². The lowest BCUT2D eigenvalue weighted by molar-refractivity contribution is 0.0696. The quantitative estimate of drug-likeness (QED) is 0.420. The zero-order chi connectivity index (χ0) is 21.8. The predicted molar refractivity (Wildman–Crippen MR) is 121 cm³/mol. The maximum atomic E-state index is 11.4. The van der Waals surface area contributed by atoms with E-state index in [0.29, 0.717) is 12.3 Å². The number of hydrogen-bond donors (Lipinski definition) is 1. The van der Waals surface area contributed by atoms with Gasteiger partial charge in [-0.15, -0.1) is 0 Å². The molecule has 3 aromatic carbocycles. The highest BCUT2D eigenvalue weighted by Crippen LogP contribution is 2.29. The molecule has 4 aromatic rings. The van der Waals surface area contributed by atoms with E-state index in [1.54, 1.807) is 18.2 Å². The van der Waals surface area contributed by atoms with Gasteiger partial charge in [-0.3, -0.25) is 4.68 Å². The topological polar surface area (TPSA) is 64.3 Å². The molecule has 31 heavy (non-hydrogen) atoms. The number of ether oxygens (including phenoxy) is 1. The van der Waals surface area contributed by atoms with Gasteiger partial charge in [-0.05, 0) is 37.6 Å². The largest absolute Gasteiger partial charge is 0.491 e. The van der Waals surface area contributed by atoms with Crippen molar-refractivity contribution in [1.29, 1.82) is 0 Å². The molecule has 0 spiro atoms. The van der Waals surface area contributed by atoms with E-state index in [4.69, 9.17) is 9.84 Å². The van der Waals surface area contributed by atoms with Gasteiger partial charge in [0.2, 0.25) is 0 Å². The van der Waals surface area contributed by atoms with Crippen LogP contribution in [0, 0.1) is 0 Å². The van der Waals surface area contributed by atoms with Crippen LogP contribution in [0.3, 0.4) is 0 Å². The Bertz CT molecular complexity index is 1180. The van der Waals surface area contributed by atoms with Crippen molar-refractivity contribution in [3.05, 3.63) is 96.1 Å². The SMILES string of the molecule is CC(C)Oc1cc(C(=O)O)ccc1Cn1nc(-c2ccccc2)cc1-c1ccccc1. The van der Waals surface area contributed by atoms with Gasteiger partial charge >= 0.3 is 5.97 Å². The first-order chi connectivity index (χ1) is 15.0. The van der Waals surface area contributed by atoms with Gasteiger partial charge in [0.15, 0.2) is 0 Å². The van der Waals surface area contributed by atoms with E-state index in [9.17, 15) is 9.90 Å². The molecule has 1 aromatic heterocycles. The summed E-state index contributed by atoms with van der Waals surface area (Å²) < 4.78 is 7.89. The summed E-state index contributed by atoms with van der Waals surface area (Å²) in [6, 6.07) is 27.2. The third-order valence-electron chi connectivity index (χ3n) is 4.92. The predicted octanol–water partition coefficient (Wildman–Crippen LogP) is 5.75. The molecule has 5 nitrogen and oxygen atoms in total. The minimum Gasteiger partial charge on any atom is -0.491 e. The fourth-order valence-electron chi connectivity index (χ4n) is 3.47. The molecule has 0 amide bonds. The highest BCUT2D eigenvalue weighted by molar-refractivity contribution is 5.88. The number of benzene rings is 3. The van der Waals surface area contributed by atoms with Crippen LogP contribution in [0.4, 0.5) is 0 Å². The summed E-state index contributed by atoms with van der Waals surface area (Å²) in [5.41, 5.74) is 5.04. The maximum Gasteiger partial charge on any atom is 0.335 e. The zero-order valence-electron chi connectivity index (χ0n) is 17.5. The molecule has 0 radical (unpaired) electrons. The Morgan fingerprint density at radius 3 is 2.19 bits per heavy atom. The number of carbonyl (C=O) groups is 1. The summed E-state index contributed by atoms with van der Waals surface area (Å²) in [5.74, 6) is -0.416. The van der Waals surface area contributed by atoms with E-state index in [-0.39, 0.29) is 11.7 Å².